The fraction of sp³-hybridized carbons (Fsp3) is 0.625. The Bertz CT molecular complexity index is 266. The van der Waals surface area contributed by atoms with E-state index in [1.807, 2.05) is 0 Å². The van der Waals surface area contributed by atoms with E-state index >= 15 is 0 Å². The number of aliphatic carboxylic acids is 2. The highest BCUT2D eigenvalue weighted by Crippen LogP contribution is 1.95. The molecule has 2 atom stereocenters. The number of nitrogens with one attached hydrogen (secondary N) is 1. The van der Waals surface area contributed by atoms with Crippen molar-refractivity contribution < 1.29 is 24.6 Å². The van der Waals surface area contributed by atoms with Crippen LogP contribution in [0.2, 0.25) is 0 Å². The lowest BCUT2D eigenvalue weighted by Crippen LogP contribution is -2.48. The molecule has 7 heteroatoms. The maximum atomic E-state index is 11.2. The van der Waals surface area contributed by atoms with Gasteiger partial charge in [-0.1, -0.05) is 6.92 Å². The number of hydrogen-bond acceptors (Lipinski definition) is 4. The number of carbonyl (C=O) groups excluding carboxylic acids is 1. The van der Waals surface area contributed by atoms with E-state index in [1.165, 1.54) is 0 Å². The van der Waals surface area contributed by atoms with Crippen LogP contribution in [0.1, 0.15) is 19.8 Å². The zero-order valence-corrected chi connectivity index (χ0v) is 8.27. The third-order valence-corrected chi connectivity index (χ3v) is 1.77. The molecule has 0 aliphatic carbocycles. The minimum absolute atomic E-state index is 0.352. The summed E-state index contributed by atoms with van der Waals surface area (Å²) in [7, 11) is 0. The Balaban J connectivity index is 4.35. The second-order valence-corrected chi connectivity index (χ2v) is 3.01. The standard InChI is InChI=1S/C8H14N2O5/c1-2-4(9)7(13)10-5(8(14)15)3-6(11)12/h4-5H,2-3,9H2,1H3,(H,10,13)(H,11,12)(H,14,15)/t4-,5-/m1/s1. The van der Waals surface area contributed by atoms with E-state index in [1.54, 1.807) is 6.92 Å². The molecule has 0 aromatic heterocycles. The van der Waals surface area contributed by atoms with E-state index in [2.05, 4.69) is 5.32 Å². The van der Waals surface area contributed by atoms with Gasteiger partial charge in [0.25, 0.3) is 0 Å². The lowest BCUT2D eigenvalue weighted by atomic mass is 10.1. The van der Waals surface area contributed by atoms with Gasteiger partial charge >= 0.3 is 11.9 Å². The number of hydrogen-bond donors (Lipinski definition) is 4. The van der Waals surface area contributed by atoms with Crippen molar-refractivity contribution in [1.82, 2.24) is 5.32 Å². The molecule has 15 heavy (non-hydrogen) atoms. The smallest absolute Gasteiger partial charge is 0.326 e. The summed E-state index contributed by atoms with van der Waals surface area (Å²) in [5.41, 5.74) is 5.34. The molecule has 0 aliphatic heterocycles. The van der Waals surface area contributed by atoms with Gasteiger partial charge in [0.05, 0.1) is 12.5 Å². The number of amides is 1. The largest absolute Gasteiger partial charge is 0.481 e. The normalized spacial score (nSPS) is 14.0. The van der Waals surface area contributed by atoms with E-state index in [9.17, 15) is 14.4 Å². The summed E-state index contributed by atoms with van der Waals surface area (Å²) in [6, 6.07) is -2.26. The van der Waals surface area contributed by atoms with Crippen LogP contribution in [0.3, 0.4) is 0 Å². The fourth-order valence-electron chi connectivity index (χ4n) is 0.839. The summed E-state index contributed by atoms with van der Waals surface area (Å²) in [4.78, 5) is 32.0. The summed E-state index contributed by atoms with van der Waals surface area (Å²) in [6.07, 6.45) is -0.317. The first-order valence-corrected chi connectivity index (χ1v) is 4.39. The van der Waals surface area contributed by atoms with Crippen molar-refractivity contribution in [3.05, 3.63) is 0 Å². The average Bonchev–Trinajstić information content (AvgIpc) is 2.14. The number of carboxylic acids is 2. The first-order valence-electron chi connectivity index (χ1n) is 4.39. The molecule has 0 aromatic carbocycles. The monoisotopic (exact) mass is 218 g/mol. The molecule has 0 unspecified atom stereocenters. The zero-order valence-electron chi connectivity index (χ0n) is 8.27. The van der Waals surface area contributed by atoms with Crippen molar-refractivity contribution in [2.75, 3.05) is 0 Å². The Hall–Kier alpha value is -1.63. The highest BCUT2D eigenvalue weighted by molar-refractivity contribution is 5.88. The minimum Gasteiger partial charge on any atom is -0.481 e. The zero-order chi connectivity index (χ0) is 12.0. The number of nitrogens with two attached hydrogens (primary N) is 1. The summed E-state index contributed by atoms with van der Waals surface area (Å²) < 4.78 is 0. The second kappa shape index (κ2) is 5.97. The molecule has 0 radical (unpaired) electrons. The fourth-order valence-corrected chi connectivity index (χ4v) is 0.839. The van der Waals surface area contributed by atoms with E-state index in [0.717, 1.165) is 0 Å². The van der Waals surface area contributed by atoms with Crippen LogP contribution in [0, 0.1) is 0 Å². The average molecular weight is 218 g/mol. The van der Waals surface area contributed by atoms with Gasteiger partial charge in [0.2, 0.25) is 5.91 Å². The van der Waals surface area contributed by atoms with Gasteiger partial charge in [-0.3, -0.25) is 9.59 Å². The Morgan fingerprint density at radius 3 is 2.20 bits per heavy atom. The van der Waals surface area contributed by atoms with Crippen molar-refractivity contribution in [3.63, 3.8) is 0 Å². The van der Waals surface area contributed by atoms with Crippen molar-refractivity contribution in [2.45, 2.75) is 31.8 Å². The second-order valence-electron chi connectivity index (χ2n) is 3.01. The van der Waals surface area contributed by atoms with E-state index in [0.29, 0.717) is 6.42 Å². The molecule has 5 N–H and O–H groups in total. The molecule has 1 amide bonds. The highest BCUT2D eigenvalue weighted by Gasteiger charge is 2.24. The Kier molecular flexibility index (Phi) is 5.32. The predicted octanol–water partition coefficient (Wildman–Crippen LogP) is -1.23. The molecule has 0 saturated heterocycles. The Morgan fingerprint density at radius 2 is 1.87 bits per heavy atom. The van der Waals surface area contributed by atoms with Crippen molar-refractivity contribution in [3.8, 4) is 0 Å². The molecule has 0 fully saturated rings. The van der Waals surface area contributed by atoms with Gasteiger partial charge in [-0.25, -0.2) is 4.79 Å². The predicted molar refractivity (Wildman–Crippen MR) is 50.1 cm³/mol. The van der Waals surface area contributed by atoms with Crippen molar-refractivity contribution in [1.29, 1.82) is 0 Å². The van der Waals surface area contributed by atoms with Crippen LogP contribution in [0.5, 0.6) is 0 Å². The highest BCUT2D eigenvalue weighted by atomic mass is 16.4. The van der Waals surface area contributed by atoms with E-state index < -0.39 is 36.4 Å². The summed E-state index contributed by atoms with van der Waals surface area (Å²) in [5.74, 6) is -3.35. The van der Waals surface area contributed by atoms with Gasteiger partial charge in [-0.05, 0) is 6.42 Å². The first kappa shape index (κ1) is 13.4. The molecule has 0 aliphatic rings. The van der Waals surface area contributed by atoms with E-state index in [4.69, 9.17) is 15.9 Å². The van der Waals surface area contributed by atoms with Gasteiger partial charge in [-0.2, -0.15) is 0 Å². The maximum Gasteiger partial charge on any atom is 0.326 e. The molecule has 7 nitrogen and oxygen atoms in total. The third kappa shape index (κ3) is 4.96. The Morgan fingerprint density at radius 1 is 1.33 bits per heavy atom. The van der Waals surface area contributed by atoms with Gasteiger partial charge in [-0.15, -0.1) is 0 Å². The minimum atomic E-state index is -1.44. The van der Waals surface area contributed by atoms with Crippen LogP contribution in [0.4, 0.5) is 0 Å². The van der Waals surface area contributed by atoms with Crippen LogP contribution in [0.25, 0.3) is 0 Å². The van der Waals surface area contributed by atoms with Crippen molar-refractivity contribution in [2.24, 2.45) is 5.73 Å². The quantitative estimate of drug-likeness (QED) is 0.441. The van der Waals surface area contributed by atoms with E-state index in [-0.39, 0.29) is 0 Å². The molecular formula is C8H14N2O5. The molecule has 0 spiro atoms. The molecule has 0 rings (SSSR count). The topological polar surface area (TPSA) is 130 Å². The molecule has 0 aromatic rings. The molecular weight excluding hydrogens is 204 g/mol. The number of carboxylic acid groups (broad SMARTS) is 2. The summed E-state index contributed by atoms with van der Waals surface area (Å²) in [6.45, 7) is 1.66. The summed E-state index contributed by atoms with van der Waals surface area (Å²) in [5, 5.41) is 19.1. The van der Waals surface area contributed by atoms with Gasteiger partial charge in [0.1, 0.15) is 6.04 Å². The first-order chi connectivity index (χ1) is 6.88. The van der Waals surface area contributed by atoms with Crippen LogP contribution < -0.4 is 11.1 Å². The lowest BCUT2D eigenvalue weighted by Gasteiger charge is -2.15. The third-order valence-electron chi connectivity index (χ3n) is 1.77. The van der Waals surface area contributed by atoms with Crippen LogP contribution in [0.15, 0.2) is 0 Å². The maximum absolute atomic E-state index is 11.2. The van der Waals surface area contributed by atoms with Gasteiger partial charge in [0, 0.05) is 0 Å². The van der Waals surface area contributed by atoms with Crippen LogP contribution in [-0.4, -0.2) is 40.1 Å². The molecule has 0 heterocycles. The SMILES string of the molecule is CC[C@@H](N)C(=O)N[C@H](CC(=O)O)C(=O)O. The van der Waals surface area contributed by atoms with Crippen molar-refractivity contribution >= 4 is 17.8 Å². The number of rotatable bonds is 6. The van der Waals surface area contributed by atoms with Gasteiger partial charge < -0.3 is 21.3 Å². The number of carbonyl (C=O) groups is 3. The molecule has 0 bridgehead atoms. The molecule has 86 valence electrons. The van der Waals surface area contributed by atoms with Crippen LogP contribution in [-0.2, 0) is 14.4 Å². The van der Waals surface area contributed by atoms with Gasteiger partial charge in [0.15, 0.2) is 0 Å². The Labute approximate surface area is 86.3 Å². The summed E-state index contributed by atoms with van der Waals surface area (Å²) >= 11 is 0. The van der Waals surface area contributed by atoms with Crippen LogP contribution >= 0.6 is 0 Å². The lowest BCUT2D eigenvalue weighted by molar-refractivity contribution is -0.147. The molecule has 0 saturated carbocycles.